The van der Waals surface area contributed by atoms with Crippen LogP contribution in [-0.2, 0) is 21.0 Å². The number of aryl methyl sites for hydroxylation is 1. The normalized spacial score (nSPS) is 15.2. The average Bonchev–Trinajstić information content (AvgIpc) is 3.29. The lowest BCUT2D eigenvalue weighted by molar-refractivity contribution is -0.140. The number of para-hydroxylation sites is 1. The molecule has 0 fully saturated rings. The molecule has 3 aromatic rings. The van der Waals surface area contributed by atoms with Crippen molar-refractivity contribution in [3.8, 4) is 5.75 Å². The Morgan fingerprint density at radius 1 is 1.12 bits per heavy atom. The minimum absolute atomic E-state index is 0.0733. The van der Waals surface area contributed by atoms with E-state index in [0.29, 0.717) is 29.2 Å². The third-order valence-electron chi connectivity index (χ3n) is 5.48. The van der Waals surface area contributed by atoms with Gasteiger partial charge in [-0.25, -0.2) is 11.0 Å². The minimum atomic E-state index is -1.12. The van der Waals surface area contributed by atoms with Crippen LogP contribution in [0.15, 0.2) is 60.2 Å². The van der Waals surface area contributed by atoms with Crippen molar-refractivity contribution in [2.45, 2.75) is 32.5 Å². The van der Waals surface area contributed by atoms with Crippen LogP contribution in [0.5, 0.6) is 5.75 Å². The molecule has 0 aliphatic carbocycles. The first-order valence-electron chi connectivity index (χ1n) is 10.6. The van der Waals surface area contributed by atoms with Crippen molar-refractivity contribution in [2.24, 2.45) is 0 Å². The zero-order valence-corrected chi connectivity index (χ0v) is 18.4. The Balaban J connectivity index is 1.53. The number of nitrogens with one attached hydrogen (secondary N) is 3. The highest BCUT2D eigenvalue weighted by Gasteiger charge is 2.33. The van der Waals surface area contributed by atoms with Gasteiger partial charge < -0.3 is 4.74 Å². The number of hydrogen-bond donors (Lipinski definition) is 5. The summed E-state index contributed by atoms with van der Waals surface area (Å²) in [4.78, 5) is 33.3. The van der Waals surface area contributed by atoms with Crippen molar-refractivity contribution in [3.63, 3.8) is 0 Å². The number of aromatic nitrogens is 1. The van der Waals surface area contributed by atoms with Gasteiger partial charge in [0.05, 0.1) is 11.2 Å². The third kappa shape index (κ3) is 4.99. The van der Waals surface area contributed by atoms with Gasteiger partial charge in [0, 0.05) is 28.6 Å². The maximum absolute atomic E-state index is 12.0. The van der Waals surface area contributed by atoms with Crippen molar-refractivity contribution in [2.75, 3.05) is 0 Å². The fourth-order valence-electron chi connectivity index (χ4n) is 3.85. The highest BCUT2D eigenvalue weighted by Crippen LogP contribution is 2.30. The van der Waals surface area contributed by atoms with E-state index < -0.39 is 17.9 Å². The maximum atomic E-state index is 12.0. The lowest BCUT2D eigenvalue weighted by Crippen LogP contribution is -2.35. The molecule has 0 saturated carbocycles. The quantitative estimate of drug-likeness (QED) is 0.253. The number of pyridine rings is 1. The first kappa shape index (κ1) is 23.2. The Morgan fingerprint density at radius 3 is 2.62 bits per heavy atom. The lowest BCUT2D eigenvalue weighted by atomic mass is 9.98. The number of ether oxygens (including phenoxy) is 1. The molecule has 10 nitrogen and oxygen atoms in total. The van der Waals surface area contributed by atoms with Crippen molar-refractivity contribution in [1.82, 2.24) is 21.4 Å². The summed E-state index contributed by atoms with van der Waals surface area (Å²) in [5, 5.41) is 18.8. The fourth-order valence-corrected chi connectivity index (χ4v) is 3.85. The molecule has 0 bridgehead atoms. The topological polar surface area (TPSA) is 142 Å². The summed E-state index contributed by atoms with van der Waals surface area (Å²) in [5.74, 6) is -0.737. The van der Waals surface area contributed by atoms with E-state index in [-0.39, 0.29) is 12.8 Å². The highest BCUT2D eigenvalue weighted by molar-refractivity contribution is 5.88. The van der Waals surface area contributed by atoms with Crippen molar-refractivity contribution in [1.29, 1.82) is 0 Å². The number of benzene rings is 2. The van der Waals surface area contributed by atoms with Gasteiger partial charge in [0.1, 0.15) is 12.4 Å². The second kappa shape index (κ2) is 10.3. The van der Waals surface area contributed by atoms with Crippen LogP contribution in [0, 0.1) is 6.92 Å². The van der Waals surface area contributed by atoms with Gasteiger partial charge >= 0.3 is 0 Å². The van der Waals surface area contributed by atoms with Crippen LogP contribution in [0.25, 0.3) is 16.6 Å². The summed E-state index contributed by atoms with van der Waals surface area (Å²) in [6.45, 7) is 2.31. The van der Waals surface area contributed by atoms with E-state index in [0.717, 1.165) is 22.2 Å². The molecule has 2 aromatic carbocycles. The molecule has 2 heterocycles. The zero-order chi connectivity index (χ0) is 24.1. The van der Waals surface area contributed by atoms with E-state index in [1.165, 1.54) is 0 Å². The standard InChI is InChI=1S/C24H24N4O6/c1-14-12-16(18-4-2-3-5-20(18)25-14)13-33-17-8-6-15(7-9-17)22-19(10-11-21(29)26-31)23(34-28-22)24(30)27-32/h2-9,12,23,28,31-32H,10-11,13H2,1H3,(H,26,29)(H,27,30). The van der Waals surface area contributed by atoms with Crippen molar-refractivity contribution < 1.29 is 29.6 Å². The van der Waals surface area contributed by atoms with Gasteiger partial charge in [0.25, 0.3) is 5.91 Å². The molecule has 2 amide bonds. The van der Waals surface area contributed by atoms with Crippen LogP contribution in [0.2, 0.25) is 0 Å². The van der Waals surface area contributed by atoms with Gasteiger partial charge in [0.15, 0.2) is 6.10 Å². The molecule has 0 spiro atoms. The molecule has 34 heavy (non-hydrogen) atoms. The molecule has 1 atom stereocenters. The van der Waals surface area contributed by atoms with E-state index in [1.807, 2.05) is 37.3 Å². The second-order valence-electron chi connectivity index (χ2n) is 7.76. The van der Waals surface area contributed by atoms with Gasteiger partial charge in [-0.15, -0.1) is 0 Å². The zero-order valence-electron chi connectivity index (χ0n) is 18.4. The van der Waals surface area contributed by atoms with Gasteiger partial charge in [0.2, 0.25) is 5.91 Å². The second-order valence-corrected chi connectivity index (χ2v) is 7.76. The van der Waals surface area contributed by atoms with Crippen molar-refractivity contribution in [3.05, 3.63) is 77.0 Å². The van der Waals surface area contributed by atoms with Crippen LogP contribution >= 0.6 is 0 Å². The molecule has 4 rings (SSSR count). The number of carbonyl (C=O) groups excluding carboxylic acids is 2. The first-order chi connectivity index (χ1) is 16.5. The van der Waals surface area contributed by atoms with Crippen LogP contribution in [0.3, 0.4) is 0 Å². The molecule has 10 heteroatoms. The summed E-state index contributed by atoms with van der Waals surface area (Å²) in [7, 11) is 0. The largest absolute Gasteiger partial charge is 0.489 e. The fraction of sp³-hybridized carbons (Fsp3) is 0.208. The van der Waals surface area contributed by atoms with Crippen LogP contribution in [-0.4, -0.2) is 33.3 Å². The number of fused-ring (bicyclic) bond motifs is 1. The smallest absolute Gasteiger partial charge is 0.279 e. The molecular formula is C24H24N4O6. The van der Waals surface area contributed by atoms with Gasteiger partial charge in [-0.05, 0) is 55.3 Å². The molecule has 0 saturated heterocycles. The van der Waals surface area contributed by atoms with Crippen LogP contribution in [0.4, 0.5) is 0 Å². The third-order valence-corrected chi connectivity index (χ3v) is 5.48. The van der Waals surface area contributed by atoms with Crippen molar-refractivity contribution >= 4 is 28.4 Å². The molecule has 176 valence electrons. The molecule has 1 unspecified atom stereocenters. The van der Waals surface area contributed by atoms with Gasteiger partial charge in [-0.1, -0.05) is 18.2 Å². The monoisotopic (exact) mass is 464 g/mol. The maximum Gasteiger partial charge on any atom is 0.279 e. The summed E-state index contributed by atoms with van der Waals surface area (Å²) in [6, 6.07) is 17.1. The summed E-state index contributed by atoms with van der Waals surface area (Å²) in [6.07, 6.45) is -1.07. The highest BCUT2D eigenvalue weighted by atomic mass is 16.7. The number of nitrogens with zero attached hydrogens (tertiary/aromatic N) is 1. The number of amides is 2. The number of hydroxylamine groups is 3. The van der Waals surface area contributed by atoms with Gasteiger partial charge in [-0.2, -0.15) is 0 Å². The van der Waals surface area contributed by atoms with E-state index in [2.05, 4.69) is 10.5 Å². The molecule has 5 N–H and O–H groups in total. The lowest BCUT2D eigenvalue weighted by Gasteiger charge is -2.12. The molecule has 1 aliphatic rings. The number of hydrogen-bond acceptors (Lipinski definition) is 8. The SMILES string of the molecule is Cc1cc(COc2ccc(C3=C(CCC(=O)NO)C(C(=O)NO)ON3)cc2)c2ccccc2n1. The predicted molar refractivity (Wildman–Crippen MR) is 121 cm³/mol. The molecule has 0 radical (unpaired) electrons. The summed E-state index contributed by atoms with van der Waals surface area (Å²) >= 11 is 0. The summed E-state index contributed by atoms with van der Waals surface area (Å²) < 4.78 is 6.00. The average molecular weight is 464 g/mol. The molecule has 1 aromatic heterocycles. The number of rotatable bonds is 8. The molecule has 1 aliphatic heterocycles. The predicted octanol–water partition coefficient (Wildman–Crippen LogP) is 2.53. The van der Waals surface area contributed by atoms with Gasteiger partial charge in [-0.3, -0.25) is 35.3 Å². The number of carbonyl (C=O) groups is 2. The minimum Gasteiger partial charge on any atom is -0.489 e. The Labute approximate surface area is 195 Å². The van der Waals surface area contributed by atoms with E-state index in [4.69, 9.17) is 20.0 Å². The Hall–Kier alpha value is -3.99. The van der Waals surface area contributed by atoms with Crippen LogP contribution in [0.1, 0.15) is 29.7 Å². The first-order valence-corrected chi connectivity index (χ1v) is 10.6. The Morgan fingerprint density at radius 2 is 1.88 bits per heavy atom. The Bertz CT molecular complexity index is 1240. The van der Waals surface area contributed by atoms with E-state index in [1.54, 1.807) is 35.2 Å². The molecular weight excluding hydrogens is 440 g/mol. The summed E-state index contributed by atoms with van der Waals surface area (Å²) in [5.41, 5.74) is 10.3. The van der Waals surface area contributed by atoms with Crippen LogP contribution < -0.4 is 21.2 Å². The van der Waals surface area contributed by atoms with E-state index >= 15 is 0 Å². The van der Waals surface area contributed by atoms with E-state index in [9.17, 15) is 9.59 Å². The Kier molecular flexibility index (Phi) is 7.02.